The van der Waals surface area contributed by atoms with Gasteiger partial charge in [0.05, 0.1) is 0 Å². The monoisotopic (exact) mass is 479 g/mol. The zero-order chi connectivity index (χ0) is 14.8. The van der Waals surface area contributed by atoms with Crippen LogP contribution in [0.3, 0.4) is 0 Å². The van der Waals surface area contributed by atoms with Crippen LogP contribution in [0.25, 0.3) is 0 Å². The Morgan fingerprint density at radius 1 is 1.05 bits per heavy atom. The molecule has 0 radical (unpaired) electrons. The molecule has 106 valence electrons. The molecule has 0 N–H and O–H groups in total. The molecule has 2 nitrogen and oxygen atoms in total. The SMILES string of the molecule is CC(C)(C)[CH]=[W]=[N+](c1c(Cl)cccc1Cl)n1cccc1. The third-order valence-electron chi connectivity index (χ3n) is 2.43. The molecule has 0 spiro atoms. The second-order valence-corrected chi connectivity index (χ2v) is 9.16. The quantitative estimate of drug-likeness (QED) is 0.580. The summed E-state index contributed by atoms with van der Waals surface area (Å²) in [5, 5.41) is 1.38. The average molecular weight is 480 g/mol. The second-order valence-electron chi connectivity index (χ2n) is 5.50. The van der Waals surface area contributed by atoms with Crippen LogP contribution in [0.4, 0.5) is 5.69 Å². The van der Waals surface area contributed by atoms with Gasteiger partial charge in [-0.15, -0.1) is 0 Å². The molecule has 0 fully saturated rings. The van der Waals surface area contributed by atoms with Gasteiger partial charge in [-0.2, -0.15) is 0 Å². The number of halogens is 2. The van der Waals surface area contributed by atoms with Crippen molar-refractivity contribution in [3.8, 4) is 0 Å². The van der Waals surface area contributed by atoms with Gasteiger partial charge in [0.1, 0.15) is 0 Å². The fourth-order valence-electron chi connectivity index (χ4n) is 1.55. The van der Waals surface area contributed by atoms with Crippen LogP contribution in [0, 0.1) is 5.41 Å². The molecular weight excluding hydrogens is 463 g/mol. The van der Waals surface area contributed by atoms with Gasteiger partial charge in [0.15, 0.2) is 0 Å². The van der Waals surface area contributed by atoms with Crippen LogP contribution in [0.1, 0.15) is 20.8 Å². The van der Waals surface area contributed by atoms with Crippen molar-refractivity contribution in [2.45, 2.75) is 20.8 Å². The predicted molar refractivity (Wildman–Crippen MR) is 83.6 cm³/mol. The van der Waals surface area contributed by atoms with E-state index in [1.165, 1.54) is 0 Å². The van der Waals surface area contributed by atoms with E-state index in [4.69, 9.17) is 23.2 Å². The van der Waals surface area contributed by atoms with E-state index < -0.39 is 17.9 Å². The van der Waals surface area contributed by atoms with Crippen LogP contribution >= 0.6 is 23.2 Å². The summed E-state index contributed by atoms with van der Waals surface area (Å²) in [7, 11) is 0. The number of aromatic nitrogens is 1. The number of para-hydroxylation sites is 1. The number of nitrogens with zero attached hydrogens (tertiary/aromatic N) is 2. The molecular formula is C15H17Cl2N2W+. The first-order chi connectivity index (χ1) is 9.38. The summed E-state index contributed by atoms with van der Waals surface area (Å²) in [5.41, 5.74) is 1.10. The van der Waals surface area contributed by atoms with Crippen LogP contribution in [0.2, 0.25) is 10.0 Å². The summed E-state index contributed by atoms with van der Waals surface area (Å²) in [4.78, 5) is 0. The molecule has 20 heavy (non-hydrogen) atoms. The van der Waals surface area contributed by atoms with Gasteiger partial charge in [0, 0.05) is 0 Å². The van der Waals surface area contributed by atoms with E-state index in [0.29, 0.717) is 10.0 Å². The molecule has 5 heteroatoms. The van der Waals surface area contributed by atoms with E-state index in [-0.39, 0.29) is 5.41 Å². The molecule has 0 aliphatic rings. The molecule has 0 unspecified atom stereocenters. The third kappa shape index (κ3) is 3.97. The first-order valence-corrected chi connectivity index (χ1v) is 10.0. The van der Waals surface area contributed by atoms with Crippen LogP contribution in [-0.4, -0.2) is 9.08 Å². The molecule has 0 aliphatic heterocycles. The Hall–Kier alpha value is -0.562. The Kier molecular flexibility index (Phi) is 5.12. The van der Waals surface area contributed by atoms with E-state index in [1.807, 2.05) is 42.7 Å². The number of rotatable bonds is 2. The maximum atomic E-state index is 6.36. The zero-order valence-electron chi connectivity index (χ0n) is 11.7. The van der Waals surface area contributed by atoms with E-state index in [2.05, 4.69) is 33.0 Å². The zero-order valence-corrected chi connectivity index (χ0v) is 16.1. The molecule has 2 aromatic rings. The number of hydrogen-bond donors (Lipinski definition) is 0. The third-order valence-corrected chi connectivity index (χ3v) is 8.01. The molecule has 0 atom stereocenters. The predicted octanol–water partition coefficient (Wildman–Crippen LogP) is 4.88. The molecule has 0 bridgehead atoms. The Balaban J connectivity index is 2.69. The maximum absolute atomic E-state index is 6.36. The average Bonchev–Trinajstić information content (AvgIpc) is 2.85. The van der Waals surface area contributed by atoms with Crippen LogP contribution in [-0.2, 0) is 17.9 Å². The van der Waals surface area contributed by atoms with Gasteiger partial charge in [-0.3, -0.25) is 0 Å². The standard InChI is InChI=1S/C10H7Cl2N2.C5H10.W/c11-8-4-3-5-9(12)10(8)13-14-6-1-2-7-14;1-5(2,3)4;/h1-7H;1H,2-4H3;/q-1;;+2. The van der Waals surface area contributed by atoms with E-state index in [9.17, 15) is 0 Å². The van der Waals surface area contributed by atoms with Crippen molar-refractivity contribution in [1.29, 1.82) is 0 Å². The summed E-state index contributed by atoms with van der Waals surface area (Å²) in [6.45, 7) is 6.65. The molecule has 0 aliphatic carbocycles. The van der Waals surface area contributed by atoms with E-state index in [1.54, 1.807) is 0 Å². The first kappa shape index (κ1) is 15.8. The van der Waals surface area contributed by atoms with Gasteiger partial charge < -0.3 is 0 Å². The molecule has 1 heterocycles. The van der Waals surface area contributed by atoms with E-state index in [0.717, 1.165) is 5.69 Å². The van der Waals surface area contributed by atoms with Gasteiger partial charge in [0.25, 0.3) is 0 Å². The Morgan fingerprint density at radius 2 is 1.60 bits per heavy atom. The summed E-state index contributed by atoms with van der Waals surface area (Å²) in [6, 6.07) is 9.66. The van der Waals surface area contributed by atoms with Gasteiger partial charge in [0.2, 0.25) is 0 Å². The minimum absolute atomic E-state index is 0.198. The first-order valence-electron chi connectivity index (χ1n) is 6.27. The molecule has 1 aromatic heterocycles. The minimum atomic E-state index is -0.969. The molecule has 0 amide bonds. The molecule has 0 saturated carbocycles. The summed E-state index contributed by atoms with van der Waals surface area (Å²) >= 11 is 11.8. The molecule has 0 saturated heterocycles. The van der Waals surface area contributed by atoms with Crippen molar-refractivity contribution in [1.82, 2.24) is 7.86 Å². The normalized spacial score (nSPS) is 11.2. The Labute approximate surface area is 137 Å². The summed E-state index contributed by atoms with van der Waals surface area (Å²) in [5.74, 6) is 0. The number of benzene rings is 1. The second kappa shape index (κ2) is 6.47. The van der Waals surface area contributed by atoms with Crippen molar-refractivity contribution in [2.75, 3.05) is 0 Å². The van der Waals surface area contributed by atoms with E-state index >= 15 is 0 Å². The topological polar surface area (TPSA) is 7.94 Å². The fraction of sp³-hybridized carbons (Fsp3) is 0.267. The fourth-order valence-corrected chi connectivity index (χ4v) is 5.87. The summed E-state index contributed by atoms with van der Waals surface area (Å²) < 4.78 is 6.71. The summed E-state index contributed by atoms with van der Waals surface area (Å²) in [6.07, 6.45) is 4.05. The molecule has 2 rings (SSSR count). The van der Waals surface area contributed by atoms with Gasteiger partial charge >= 0.3 is 138 Å². The van der Waals surface area contributed by atoms with Gasteiger partial charge in [-0.1, -0.05) is 0 Å². The number of hydrogen-bond acceptors (Lipinski definition) is 0. The van der Waals surface area contributed by atoms with Crippen molar-refractivity contribution < 1.29 is 17.9 Å². The van der Waals surface area contributed by atoms with Crippen molar-refractivity contribution in [3.63, 3.8) is 0 Å². The Bertz CT molecular complexity index is 643. The van der Waals surface area contributed by atoms with Crippen LogP contribution in [0.15, 0.2) is 42.7 Å². The van der Waals surface area contributed by atoms with Crippen molar-refractivity contribution in [3.05, 3.63) is 52.8 Å². The van der Waals surface area contributed by atoms with Crippen LogP contribution < -0.4 is 3.19 Å². The van der Waals surface area contributed by atoms with Gasteiger partial charge in [-0.25, -0.2) is 0 Å². The van der Waals surface area contributed by atoms with Crippen LogP contribution in [0.5, 0.6) is 0 Å². The molecule has 1 aromatic carbocycles. The Morgan fingerprint density at radius 3 is 2.10 bits per heavy atom. The van der Waals surface area contributed by atoms with Crippen molar-refractivity contribution >= 4 is 33.3 Å². The van der Waals surface area contributed by atoms with Gasteiger partial charge in [-0.05, 0) is 0 Å². The van der Waals surface area contributed by atoms with Crippen molar-refractivity contribution in [2.24, 2.45) is 5.41 Å².